The van der Waals surface area contributed by atoms with E-state index in [4.69, 9.17) is 0 Å². The lowest BCUT2D eigenvalue weighted by Crippen LogP contribution is -2.21. The van der Waals surface area contributed by atoms with Crippen LogP contribution in [0.4, 0.5) is 14.5 Å². The van der Waals surface area contributed by atoms with Gasteiger partial charge < -0.3 is 0 Å². The summed E-state index contributed by atoms with van der Waals surface area (Å²) in [6, 6.07) is 9.24. The molecule has 1 aromatic carbocycles. The summed E-state index contributed by atoms with van der Waals surface area (Å²) in [7, 11) is 0. The predicted molar refractivity (Wildman–Crippen MR) is 95.0 cm³/mol. The summed E-state index contributed by atoms with van der Waals surface area (Å²) >= 11 is 0. The Bertz CT molecular complexity index is 1040. The Morgan fingerprint density at radius 1 is 0.962 bits per heavy atom. The fraction of sp³-hybridized carbons (Fsp3) is 0. The second-order valence-electron chi connectivity index (χ2n) is 5.54. The van der Waals surface area contributed by atoms with Crippen molar-refractivity contribution < 1.29 is 8.78 Å². The van der Waals surface area contributed by atoms with Crippen LogP contribution in [-0.2, 0) is 0 Å². The second-order valence-corrected chi connectivity index (χ2v) is 5.54. The fourth-order valence-electron chi connectivity index (χ4n) is 2.63. The minimum Gasteiger partial charge on any atom is -0.265 e. The second kappa shape index (κ2) is 6.36. The molecule has 0 aliphatic carbocycles. The summed E-state index contributed by atoms with van der Waals surface area (Å²) in [4.78, 5) is 3.99. The monoisotopic (exact) mass is 349 g/mol. The highest BCUT2D eigenvalue weighted by molar-refractivity contribution is 6.14. The number of hydrogen-bond donors (Lipinski definition) is 0. The first-order chi connectivity index (χ1) is 12.6. The van der Waals surface area contributed by atoms with Crippen LogP contribution >= 0.6 is 0 Å². The molecule has 2 aromatic heterocycles. The topological polar surface area (TPSA) is 46.3 Å². The van der Waals surface area contributed by atoms with Crippen LogP contribution in [0.1, 0.15) is 5.69 Å². The maximum absolute atomic E-state index is 14.2. The number of rotatable bonds is 3. The van der Waals surface area contributed by atoms with Gasteiger partial charge in [-0.25, -0.2) is 18.5 Å². The number of anilines is 1. The highest BCUT2D eigenvalue weighted by atomic mass is 19.2. The summed E-state index contributed by atoms with van der Waals surface area (Å²) in [6.45, 7) is 3.99. The van der Waals surface area contributed by atoms with Crippen molar-refractivity contribution in [1.82, 2.24) is 14.8 Å². The van der Waals surface area contributed by atoms with Gasteiger partial charge in [-0.05, 0) is 42.0 Å². The molecule has 0 radical (unpaired) electrons. The van der Waals surface area contributed by atoms with Crippen molar-refractivity contribution in [3.05, 3.63) is 96.7 Å². The molecule has 5 nitrogen and oxygen atoms in total. The van der Waals surface area contributed by atoms with Crippen molar-refractivity contribution in [3.63, 3.8) is 0 Å². The minimum atomic E-state index is -0.971. The van der Waals surface area contributed by atoms with Gasteiger partial charge in [-0.1, -0.05) is 12.6 Å². The van der Waals surface area contributed by atoms with Crippen molar-refractivity contribution in [2.75, 3.05) is 5.01 Å². The molecule has 3 aromatic rings. The molecule has 0 bridgehead atoms. The first-order valence-corrected chi connectivity index (χ1v) is 7.79. The predicted octanol–water partition coefficient (Wildman–Crippen LogP) is 3.84. The number of pyridine rings is 1. The average Bonchev–Trinajstić information content (AvgIpc) is 3.14. The quantitative estimate of drug-likeness (QED) is 0.722. The largest absolute Gasteiger partial charge is 0.265 e. The third-order valence-corrected chi connectivity index (χ3v) is 3.90. The Morgan fingerprint density at radius 3 is 2.58 bits per heavy atom. The number of allylic oxidation sites excluding steroid dienone is 2. The maximum Gasteiger partial charge on any atom is 0.184 e. The highest BCUT2D eigenvalue weighted by Gasteiger charge is 2.20. The molecule has 1 aliphatic heterocycles. The van der Waals surface area contributed by atoms with Crippen LogP contribution in [0, 0.1) is 11.6 Å². The van der Waals surface area contributed by atoms with E-state index in [2.05, 4.69) is 21.8 Å². The van der Waals surface area contributed by atoms with Gasteiger partial charge in [-0.3, -0.25) is 4.98 Å². The van der Waals surface area contributed by atoms with Gasteiger partial charge in [0.25, 0.3) is 0 Å². The van der Waals surface area contributed by atoms with Gasteiger partial charge in [-0.2, -0.15) is 10.2 Å². The molecule has 4 rings (SSSR count). The first-order valence-electron chi connectivity index (χ1n) is 7.79. The number of halogens is 2. The zero-order valence-corrected chi connectivity index (χ0v) is 13.5. The van der Waals surface area contributed by atoms with Crippen LogP contribution in [0.25, 0.3) is 5.69 Å². The van der Waals surface area contributed by atoms with E-state index in [0.717, 1.165) is 11.8 Å². The molecular weight excluding hydrogens is 336 g/mol. The maximum atomic E-state index is 14.2. The summed E-state index contributed by atoms with van der Waals surface area (Å²) in [6.07, 6.45) is 8.39. The smallest absolute Gasteiger partial charge is 0.184 e. The van der Waals surface area contributed by atoms with Crippen molar-refractivity contribution in [2.45, 2.75) is 0 Å². The number of hydrazone groups is 1. The van der Waals surface area contributed by atoms with Gasteiger partial charge in [0, 0.05) is 18.6 Å². The molecule has 0 N–H and O–H groups in total. The lowest BCUT2D eigenvalue weighted by molar-refractivity contribution is 0.501. The van der Waals surface area contributed by atoms with E-state index in [1.807, 2.05) is 12.1 Å². The number of benzene rings is 1. The molecule has 1 aliphatic rings. The Labute approximate surface area is 148 Å². The van der Waals surface area contributed by atoms with E-state index in [1.54, 1.807) is 35.7 Å². The van der Waals surface area contributed by atoms with E-state index in [-0.39, 0.29) is 5.69 Å². The third-order valence-electron chi connectivity index (χ3n) is 3.90. The van der Waals surface area contributed by atoms with E-state index in [0.29, 0.717) is 17.0 Å². The molecule has 0 amide bonds. The van der Waals surface area contributed by atoms with Crippen LogP contribution in [0.15, 0.2) is 84.5 Å². The van der Waals surface area contributed by atoms with Crippen LogP contribution < -0.4 is 5.01 Å². The summed E-state index contributed by atoms with van der Waals surface area (Å²) in [5.41, 5.74) is 2.46. The van der Waals surface area contributed by atoms with Gasteiger partial charge in [0.05, 0.1) is 17.6 Å². The van der Waals surface area contributed by atoms with E-state index in [9.17, 15) is 8.78 Å². The lowest BCUT2D eigenvalue weighted by atomic mass is 10.1. The van der Waals surface area contributed by atoms with Gasteiger partial charge in [0.2, 0.25) is 0 Å². The summed E-state index contributed by atoms with van der Waals surface area (Å²) < 4.78 is 29.1. The van der Waals surface area contributed by atoms with Crippen LogP contribution in [0.2, 0.25) is 0 Å². The van der Waals surface area contributed by atoms with Crippen LogP contribution in [0.5, 0.6) is 0 Å². The molecular formula is C19H13F2N5. The minimum absolute atomic E-state index is 0.00511. The Balaban J connectivity index is 1.81. The Kier molecular flexibility index (Phi) is 3.89. The zero-order chi connectivity index (χ0) is 18.1. The van der Waals surface area contributed by atoms with Gasteiger partial charge in [0.1, 0.15) is 11.4 Å². The number of nitrogens with zero attached hydrogens (tertiary/aromatic N) is 5. The SMILES string of the molecule is C=C1C=CN(c2ccncc2)N=C1c1ccnn1-c1cccc(F)c1F. The molecule has 3 heterocycles. The van der Waals surface area contributed by atoms with Crippen LogP contribution in [-0.4, -0.2) is 20.5 Å². The van der Waals surface area contributed by atoms with Gasteiger partial charge in [-0.15, -0.1) is 0 Å². The molecule has 0 unspecified atom stereocenters. The zero-order valence-electron chi connectivity index (χ0n) is 13.5. The number of aromatic nitrogens is 3. The Morgan fingerprint density at radius 2 is 1.77 bits per heavy atom. The summed E-state index contributed by atoms with van der Waals surface area (Å²) in [5.74, 6) is -1.91. The van der Waals surface area contributed by atoms with Crippen molar-refractivity contribution in [3.8, 4) is 5.69 Å². The average molecular weight is 349 g/mol. The van der Waals surface area contributed by atoms with Gasteiger partial charge in [0.15, 0.2) is 11.6 Å². The van der Waals surface area contributed by atoms with E-state index >= 15 is 0 Å². The molecule has 26 heavy (non-hydrogen) atoms. The standard InChI is InChI=1S/C19H13F2N5/c1-13-8-12-25(14-5-9-22-10-6-14)24-19(13)17-7-11-23-26(17)16-4-2-3-15(20)18(16)21/h2-12H,1H2. The summed E-state index contributed by atoms with van der Waals surface area (Å²) in [5, 5.41) is 10.4. The fourth-order valence-corrected chi connectivity index (χ4v) is 2.63. The van der Waals surface area contributed by atoms with E-state index < -0.39 is 11.6 Å². The molecule has 0 spiro atoms. The lowest BCUT2D eigenvalue weighted by Gasteiger charge is -2.21. The molecule has 0 atom stereocenters. The van der Waals surface area contributed by atoms with Gasteiger partial charge >= 0.3 is 0 Å². The van der Waals surface area contributed by atoms with Crippen LogP contribution in [0.3, 0.4) is 0 Å². The molecule has 0 saturated heterocycles. The normalized spacial score (nSPS) is 13.8. The molecule has 7 heteroatoms. The highest BCUT2D eigenvalue weighted by Crippen LogP contribution is 2.24. The molecule has 0 fully saturated rings. The van der Waals surface area contributed by atoms with Crippen molar-refractivity contribution in [2.24, 2.45) is 5.10 Å². The number of hydrogen-bond acceptors (Lipinski definition) is 4. The van der Waals surface area contributed by atoms with Crippen molar-refractivity contribution in [1.29, 1.82) is 0 Å². The molecule has 0 saturated carbocycles. The first kappa shape index (κ1) is 15.9. The molecule has 128 valence electrons. The third kappa shape index (κ3) is 2.69. The van der Waals surface area contributed by atoms with E-state index in [1.165, 1.54) is 23.0 Å². The Hall–Kier alpha value is -3.61. The van der Waals surface area contributed by atoms with Crippen molar-refractivity contribution >= 4 is 11.4 Å².